The normalized spacial score (nSPS) is 11.7. The van der Waals surface area contributed by atoms with Crippen LogP contribution in [0, 0.1) is 0 Å². The van der Waals surface area contributed by atoms with Crippen LogP contribution in [0.1, 0.15) is 19.8 Å². The lowest BCUT2D eigenvalue weighted by atomic mass is 10.2. The number of aryl methyl sites for hydroxylation is 1. The zero-order chi connectivity index (χ0) is 16.1. The van der Waals surface area contributed by atoms with Crippen LogP contribution in [0.15, 0.2) is 34.6 Å². The molecule has 1 aromatic carbocycles. The summed E-state index contributed by atoms with van der Waals surface area (Å²) in [6.07, 6.45) is 2.67. The molecule has 3 N–H and O–H groups in total. The molecule has 9 heteroatoms. The average Bonchev–Trinajstić information content (AvgIpc) is 2.85. The summed E-state index contributed by atoms with van der Waals surface area (Å²) < 4.78 is 1.81. The molecular weight excluding hydrogens is 357 g/mol. The summed E-state index contributed by atoms with van der Waals surface area (Å²) in [4.78, 5) is 12.6. The Balaban J connectivity index is 0.00000264. The molecule has 0 saturated carbocycles. The van der Waals surface area contributed by atoms with E-state index in [0.717, 1.165) is 10.1 Å². The van der Waals surface area contributed by atoms with E-state index in [1.807, 2.05) is 30.7 Å². The molecule has 2 aromatic rings. The fraction of sp³-hybridized carbons (Fsp3) is 0.357. The van der Waals surface area contributed by atoms with Crippen molar-refractivity contribution in [1.82, 2.24) is 14.8 Å². The van der Waals surface area contributed by atoms with E-state index in [-0.39, 0.29) is 24.4 Å². The lowest BCUT2D eigenvalue weighted by molar-refractivity contribution is -0.116. The molecule has 1 unspecified atom stereocenters. The van der Waals surface area contributed by atoms with Gasteiger partial charge in [-0.1, -0.05) is 11.6 Å². The Hall–Kier alpha value is -1.28. The van der Waals surface area contributed by atoms with Crippen molar-refractivity contribution in [1.29, 1.82) is 0 Å². The van der Waals surface area contributed by atoms with Crippen LogP contribution >= 0.6 is 35.8 Å². The number of nitrogens with two attached hydrogens (primary N) is 1. The van der Waals surface area contributed by atoms with Gasteiger partial charge in [0.1, 0.15) is 6.33 Å². The summed E-state index contributed by atoms with van der Waals surface area (Å²) in [6, 6.07) is 5.40. The third-order valence-electron chi connectivity index (χ3n) is 2.91. The molecule has 1 amide bonds. The topological polar surface area (TPSA) is 85.8 Å². The maximum Gasteiger partial charge on any atom is 0.224 e. The molecule has 1 heterocycles. The van der Waals surface area contributed by atoms with E-state index in [1.165, 1.54) is 11.8 Å². The molecule has 0 aliphatic rings. The van der Waals surface area contributed by atoms with Crippen molar-refractivity contribution >= 4 is 47.4 Å². The first-order valence-electron chi connectivity index (χ1n) is 6.82. The van der Waals surface area contributed by atoms with Gasteiger partial charge in [0.05, 0.1) is 5.02 Å². The fourth-order valence-corrected chi connectivity index (χ4v) is 2.77. The number of carbonyl (C=O) groups is 1. The van der Waals surface area contributed by atoms with Gasteiger partial charge >= 0.3 is 0 Å². The van der Waals surface area contributed by atoms with E-state index in [9.17, 15) is 4.79 Å². The molecule has 6 nitrogen and oxygen atoms in total. The summed E-state index contributed by atoms with van der Waals surface area (Å²) in [5.41, 5.74) is 6.31. The van der Waals surface area contributed by atoms with Gasteiger partial charge in [0.25, 0.3) is 0 Å². The van der Waals surface area contributed by atoms with Crippen LogP contribution in [0.5, 0.6) is 0 Å². The molecule has 0 radical (unpaired) electrons. The van der Waals surface area contributed by atoms with E-state index >= 15 is 0 Å². The largest absolute Gasteiger partial charge is 0.328 e. The van der Waals surface area contributed by atoms with E-state index in [0.29, 0.717) is 23.6 Å². The van der Waals surface area contributed by atoms with Gasteiger partial charge in [-0.3, -0.25) is 4.79 Å². The van der Waals surface area contributed by atoms with Gasteiger partial charge in [-0.05, 0) is 43.3 Å². The van der Waals surface area contributed by atoms with Crippen LogP contribution in [0.25, 0.3) is 0 Å². The van der Waals surface area contributed by atoms with Gasteiger partial charge in [0.2, 0.25) is 5.91 Å². The van der Waals surface area contributed by atoms with Crippen molar-refractivity contribution in [3.63, 3.8) is 0 Å². The van der Waals surface area contributed by atoms with E-state index in [1.54, 1.807) is 12.4 Å². The Morgan fingerprint density at radius 1 is 1.52 bits per heavy atom. The number of nitrogens with one attached hydrogen (secondary N) is 1. The molecule has 0 fully saturated rings. The van der Waals surface area contributed by atoms with Crippen LogP contribution in [0.4, 0.5) is 5.69 Å². The molecule has 0 aliphatic carbocycles. The maximum atomic E-state index is 11.8. The molecule has 23 heavy (non-hydrogen) atoms. The van der Waals surface area contributed by atoms with Crippen molar-refractivity contribution in [3.05, 3.63) is 29.5 Å². The molecule has 1 atom stereocenters. The molecule has 0 saturated heterocycles. The molecule has 1 aromatic heterocycles. The number of halogens is 2. The minimum Gasteiger partial charge on any atom is -0.328 e. The summed E-state index contributed by atoms with van der Waals surface area (Å²) in [7, 11) is 1.86. The van der Waals surface area contributed by atoms with Gasteiger partial charge in [0.15, 0.2) is 5.16 Å². The van der Waals surface area contributed by atoms with Crippen molar-refractivity contribution in [2.24, 2.45) is 12.8 Å². The second kappa shape index (κ2) is 9.12. The van der Waals surface area contributed by atoms with Gasteiger partial charge < -0.3 is 15.6 Å². The van der Waals surface area contributed by atoms with Crippen LogP contribution in [0.3, 0.4) is 0 Å². The van der Waals surface area contributed by atoms with Crippen molar-refractivity contribution in [2.45, 2.75) is 35.9 Å². The van der Waals surface area contributed by atoms with Crippen LogP contribution in [-0.4, -0.2) is 26.7 Å². The van der Waals surface area contributed by atoms with Gasteiger partial charge in [-0.2, -0.15) is 0 Å². The number of anilines is 1. The van der Waals surface area contributed by atoms with Crippen LogP contribution in [-0.2, 0) is 11.8 Å². The number of amides is 1. The summed E-state index contributed by atoms with van der Waals surface area (Å²) in [5, 5.41) is 11.9. The minimum atomic E-state index is -0.0675. The highest BCUT2D eigenvalue weighted by molar-refractivity contribution is 7.99. The van der Waals surface area contributed by atoms with Crippen molar-refractivity contribution in [2.75, 3.05) is 5.32 Å². The van der Waals surface area contributed by atoms with Crippen LogP contribution < -0.4 is 11.1 Å². The molecule has 126 valence electrons. The first kappa shape index (κ1) is 19.8. The Labute approximate surface area is 150 Å². The lowest BCUT2D eigenvalue weighted by Gasteiger charge is -2.09. The lowest BCUT2D eigenvalue weighted by Crippen LogP contribution is -2.19. The van der Waals surface area contributed by atoms with E-state index < -0.39 is 0 Å². The number of nitrogens with zero attached hydrogens (tertiary/aromatic N) is 3. The van der Waals surface area contributed by atoms with Gasteiger partial charge in [0, 0.05) is 30.1 Å². The Bertz CT molecular complexity index is 662. The molecular formula is C14H19Cl2N5OS. The van der Waals surface area contributed by atoms with Gasteiger partial charge in [-0.25, -0.2) is 0 Å². The number of rotatable bonds is 6. The highest BCUT2D eigenvalue weighted by Crippen LogP contribution is 2.33. The predicted molar refractivity (Wildman–Crippen MR) is 95.3 cm³/mol. The monoisotopic (exact) mass is 375 g/mol. The molecule has 0 bridgehead atoms. The van der Waals surface area contributed by atoms with E-state index in [2.05, 4.69) is 15.5 Å². The zero-order valence-corrected chi connectivity index (χ0v) is 15.2. The molecule has 0 spiro atoms. The third kappa shape index (κ3) is 6.02. The summed E-state index contributed by atoms with van der Waals surface area (Å²) >= 11 is 7.68. The van der Waals surface area contributed by atoms with Crippen molar-refractivity contribution < 1.29 is 4.79 Å². The first-order valence-corrected chi connectivity index (χ1v) is 8.02. The highest BCUT2D eigenvalue weighted by atomic mass is 35.5. The number of aromatic nitrogens is 3. The Morgan fingerprint density at radius 2 is 2.26 bits per heavy atom. The second-order valence-electron chi connectivity index (χ2n) is 5.04. The number of carbonyl (C=O) groups excluding carboxylic acids is 1. The van der Waals surface area contributed by atoms with Crippen molar-refractivity contribution in [3.8, 4) is 0 Å². The quantitative estimate of drug-likeness (QED) is 0.809. The fourth-order valence-electron chi connectivity index (χ4n) is 1.71. The molecule has 2 rings (SSSR count). The average molecular weight is 376 g/mol. The van der Waals surface area contributed by atoms with E-state index in [4.69, 9.17) is 17.3 Å². The highest BCUT2D eigenvalue weighted by Gasteiger charge is 2.10. The third-order valence-corrected chi connectivity index (χ3v) is 4.47. The van der Waals surface area contributed by atoms with Crippen LogP contribution in [0.2, 0.25) is 5.02 Å². The SMILES string of the molecule is CC(N)CCC(=O)Nc1ccc(Sc2nncn2C)c(Cl)c1.Cl. The summed E-state index contributed by atoms with van der Waals surface area (Å²) in [6.45, 7) is 1.88. The van der Waals surface area contributed by atoms with Gasteiger partial charge in [-0.15, -0.1) is 22.6 Å². The number of benzene rings is 1. The number of hydrogen-bond donors (Lipinski definition) is 2. The second-order valence-corrected chi connectivity index (χ2v) is 6.45. The smallest absolute Gasteiger partial charge is 0.224 e. The number of hydrogen-bond acceptors (Lipinski definition) is 5. The Kier molecular flexibility index (Phi) is 7.84. The Morgan fingerprint density at radius 3 is 2.83 bits per heavy atom. The maximum absolute atomic E-state index is 11.8. The standard InChI is InChI=1S/C14H18ClN5OS.ClH/c1-9(16)3-6-13(21)18-10-4-5-12(11(15)7-10)22-14-19-17-8-20(14)2;/h4-5,7-9H,3,6,16H2,1-2H3,(H,18,21);1H. The first-order chi connectivity index (χ1) is 10.5. The zero-order valence-electron chi connectivity index (χ0n) is 12.8. The predicted octanol–water partition coefficient (Wildman–Crippen LogP) is 3.11. The summed E-state index contributed by atoms with van der Waals surface area (Å²) in [5.74, 6) is -0.0675. The minimum absolute atomic E-state index is 0. The molecule has 0 aliphatic heterocycles.